The lowest BCUT2D eigenvalue weighted by molar-refractivity contribution is -0.143. The Morgan fingerprint density at radius 3 is 2.24 bits per heavy atom. The molecule has 1 saturated heterocycles. The first-order chi connectivity index (χ1) is 21.7. The molecule has 0 aliphatic carbocycles. The first-order valence-corrected chi connectivity index (χ1v) is 18.8. The molecule has 0 N–H and O–H groups in total. The summed E-state index contributed by atoms with van der Waals surface area (Å²) in [7, 11) is 1.07. The Morgan fingerprint density at radius 1 is 0.978 bits per heavy atom. The van der Waals surface area contributed by atoms with E-state index in [0.717, 1.165) is 35.0 Å². The van der Waals surface area contributed by atoms with Gasteiger partial charge in [0.2, 0.25) is 5.91 Å². The maximum absolute atomic E-state index is 14.2. The molecule has 1 fully saturated rings. The minimum absolute atomic E-state index is 0.109. The van der Waals surface area contributed by atoms with Crippen LogP contribution in [0.25, 0.3) is 0 Å². The summed E-state index contributed by atoms with van der Waals surface area (Å²) in [6.07, 6.45) is -0.247. The van der Waals surface area contributed by atoms with Gasteiger partial charge < -0.3 is 28.1 Å². The first kappa shape index (κ1) is 36.7. The van der Waals surface area contributed by atoms with Crippen LogP contribution in [0.1, 0.15) is 52.2 Å². The number of nitrogens with zero attached hydrogens (tertiary/aromatic N) is 1. The number of carbonyl (C=O) groups is 2. The third-order valence-corrected chi connectivity index (χ3v) is 13.8. The highest BCUT2D eigenvalue weighted by atomic mass is 28.4. The molecule has 0 aromatic heterocycles. The van der Waals surface area contributed by atoms with Gasteiger partial charge in [0.05, 0.1) is 37.9 Å². The average molecular weight is 644 g/mol. The Labute approximate surface area is 270 Å². The molecule has 0 radical (unpaired) electrons. The highest BCUT2D eigenvalue weighted by Crippen LogP contribution is 2.34. The fraction of sp³-hybridized carbons (Fsp3) is 0.600. The molecule has 1 heterocycles. The van der Waals surface area contributed by atoms with Crippen molar-refractivity contribution in [2.24, 2.45) is 11.8 Å². The molecule has 2 amide bonds. The number of methoxy groups -OCH3 is 2. The maximum atomic E-state index is 14.2. The highest BCUT2D eigenvalue weighted by molar-refractivity contribution is 6.73. The van der Waals surface area contributed by atoms with E-state index in [-0.39, 0.29) is 37.4 Å². The van der Waals surface area contributed by atoms with Crippen LogP contribution < -0.4 is 4.74 Å². The number of hydrogen-bond acceptors (Lipinski definition) is 8. The van der Waals surface area contributed by atoms with Crippen LogP contribution in [0.2, 0.25) is 18.1 Å². The molecule has 0 bridgehead atoms. The van der Waals surface area contributed by atoms with Gasteiger partial charge in [-0.3, -0.25) is 4.79 Å². The lowest BCUT2D eigenvalue weighted by atomic mass is 9.87. The molecule has 1 aliphatic rings. The van der Waals surface area contributed by atoms with Crippen molar-refractivity contribution in [2.75, 3.05) is 34.2 Å². The quantitative estimate of drug-likeness (QED) is 0.0880. The van der Waals surface area contributed by atoms with Gasteiger partial charge in [0.15, 0.2) is 8.32 Å². The molecule has 10 heteroatoms. The Balaban J connectivity index is 1.81. The summed E-state index contributed by atoms with van der Waals surface area (Å²) < 4.78 is 35.3. The minimum Gasteiger partial charge on any atom is -0.497 e. The van der Waals surface area contributed by atoms with E-state index in [1.165, 1.54) is 4.90 Å². The van der Waals surface area contributed by atoms with Crippen molar-refractivity contribution < 1.29 is 37.7 Å². The van der Waals surface area contributed by atoms with E-state index in [2.05, 4.69) is 27.7 Å². The van der Waals surface area contributed by atoms with Crippen LogP contribution in [0, 0.1) is 11.8 Å². The Morgan fingerprint density at radius 2 is 1.64 bits per heavy atom. The summed E-state index contributed by atoms with van der Waals surface area (Å²) in [6, 6.07) is 20.1. The normalized spacial score (nSPS) is 17.9. The van der Waals surface area contributed by atoms with Crippen LogP contribution in [0.3, 0.4) is 0 Å². The predicted molar refractivity (Wildman–Crippen MR) is 177 cm³/mol. The maximum Gasteiger partial charge on any atom is 0.416 e. The highest BCUT2D eigenvalue weighted by Gasteiger charge is 2.46. The van der Waals surface area contributed by atoms with Crippen molar-refractivity contribution in [3.05, 3.63) is 65.7 Å². The average Bonchev–Trinajstić information content (AvgIpc) is 3.44. The van der Waals surface area contributed by atoms with Crippen LogP contribution in [0.5, 0.6) is 5.75 Å². The van der Waals surface area contributed by atoms with Crippen LogP contribution in [0.4, 0.5) is 4.79 Å². The molecule has 1 aliphatic heterocycles. The van der Waals surface area contributed by atoms with E-state index in [1.54, 1.807) is 14.2 Å². The summed E-state index contributed by atoms with van der Waals surface area (Å²) in [6.45, 7) is 11.7. The lowest BCUT2D eigenvalue weighted by Crippen LogP contribution is -2.53. The molecule has 3 rings (SSSR count). The summed E-state index contributed by atoms with van der Waals surface area (Å²) in [5.74, 6) is -0.266. The Hall–Kier alpha value is -2.76. The number of ether oxygens (including phenoxy) is 5. The van der Waals surface area contributed by atoms with E-state index in [0.29, 0.717) is 26.1 Å². The number of imide groups is 1. The van der Waals surface area contributed by atoms with E-state index >= 15 is 0 Å². The SMILES string of the molecule is CC[Si](CC)(CC)O[C@@H]([C@@H](C)[C@@H](CCOCc1ccc(OC)cc1)OCOC)[C@@H](C)C(=O)N1C(=O)OC[C@H]1Cc1ccccc1. The monoisotopic (exact) mass is 643 g/mol. The van der Waals surface area contributed by atoms with Crippen molar-refractivity contribution in [3.63, 3.8) is 0 Å². The van der Waals surface area contributed by atoms with Gasteiger partial charge >= 0.3 is 6.09 Å². The number of benzene rings is 2. The predicted octanol–water partition coefficient (Wildman–Crippen LogP) is 6.84. The van der Waals surface area contributed by atoms with Gasteiger partial charge in [0.1, 0.15) is 19.1 Å². The molecule has 250 valence electrons. The van der Waals surface area contributed by atoms with Crippen molar-refractivity contribution in [3.8, 4) is 5.75 Å². The van der Waals surface area contributed by atoms with Crippen LogP contribution in [-0.2, 0) is 41.2 Å². The molecule has 2 aromatic rings. The number of carbonyl (C=O) groups excluding carboxylic acids is 2. The standard InChI is InChI=1S/C35H53NO8Si/c1-8-45(9-2,10-3)44-33(27(5)34(37)36-30(24-42-35(36)38)22-28-14-12-11-13-15-28)26(4)32(43-25-39-6)20-21-41-23-29-16-18-31(40-7)19-17-29/h11-19,26-27,30,32-33H,8-10,20-25H2,1-7H3/t26-,27+,30+,32+,33-/m0/s1. The molecule has 45 heavy (non-hydrogen) atoms. The zero-order valence-electron chi connectivity index (χ0n) is 28.2. The number of rotatable bonds is 20. The van der Waals surface area contributed by atoms with Crippen LogP contribution in [0.15, 0.2) is 54.6 Å². The van der Waals surface area contributed by atoms with Gasteiger partial charge in [-0.15, -0.1) is 0 Å². The number of cyclic esters (lactones) is 1. The fourth-order valence-corrected chi connectivity index (χ4v) is 9.05. The third-order valence-electron chi connectivity index (χ3n) is 9.19. The zero-order chi connectivity index (χ0) is 32.8. The van der Waals surface area contributed by atoms with Gasteiger partial charge in [-0.25, -0.2) is 9.69 Å². The second-order valence-corrected chi connectivity index (χ2v) is 16.6. The van der Waals surface area contributed by atoms with Crippen molar-refractivity contribution >= 4 is 20.3 Å². The molecule has 0 saturated carbocycles. The van der Waals surface area contributed by atoms with Gasteiger partial charge in [0, 0.05) is 19.6 Å². The van der Waals surface area contributed by atoms with E-state index < -0.39 is 26.4 Å². The third kappa shape index (κ3) is 10.1. The summed E-state index contributed by atoms with van der Waals surface area (Å²) in [4.78, 5) is 28.5. The Bertz CT molecular complexity index is 1150. The Kier molecular flexibility index (Phi) is 15.0. The lowest BCUT2D eigenvalue weighted by Gasteiger charge is -2.41. The topological polar surface area (TPSA) is 92.8 Å². The van der Waals surface area contributed by atoms with Gasteiger partial charge in [-0.2, -0.15) is 0 Å². The van der Waals surface area contributed by atoms with Crippen LogP contribution >= 0.6 is 0 Å². The van der Waals surface area contributed by atoms with E-state index in [1.807, 2.05) is 61.5 Å². The molecule has 0 unspecified atom stereocenters. The minimum atomic E-state index is -2.17. The zero-order valence-corrected chi connectivity index (χ0v) is 29.2. The molecular weight excluding hydrogens is 590 g/mol. The van der Waals surface area contributed by atoms with Crippen LogP contribution in [-0.4, -0.2) is 77.7 Å². The molecule has 0 spiro atoms. The fourth-order valence-electron chi connectivity index (χ4n) is 6.06. The summed E-state index contributed by atoms with van der Waals surface area (Å²) in [5.41, 5.74) is 2.09. The second-order valence-electron chi connectivity index (χ2n) is 11.9. The number of hydrogen-bond donors (Lipinski definition) is 0. The van der Waals surface area contributed by atoms with Gasteiger partial charge in [0.25, 0.3) is 0 Å². The molecule has 2 aromatic carbocycles. The van der Waals surface area contributed by atoms with Gasteiger partial charge in [-0.05, 0) is 54.2 Å². The largest absolute Gasteiger partial charge is 0.497 e. The molecule has 5 atom stereocenters. The van der Waals surface area contributed by atoms with Crippen molar-refractivity contribution in [2.45, 2.75) is 90.4 Å². The summed E-state index contributed by atoms with van der Waals surface area (Å²) in [5, 5.41) is 0. The summed E-state index contributed by atoms with van der Waals surface area (Å²) >= 11 is 0. The molecule has 9 nitrogen and oxygen atoms in total. The number of amides is 2. The van der Waals surface area contributed by atoms with Crippen molar-refractivity contribution in [1.29, 1.82) is 0 Å². The van der Waals surface area contributed by atoms with E-state index in [9.17, 15) is 9.59 Å². The second kappa shape index (κ2) is 18.4. The first-order valence-electron chi connectivity index (χ1n) is 16.2. The van der Waals surface area contributed by atoms with E-state index in [4.69, 9.17) is 28.1 Å². The smallest absolute Gasteiger partial charge is 0.416 e. The molecular formula is C35H53NO8Si. The van der Waals surface area contributed by atoms with Gasteiger partial charge in [-0.1, -0.05) is 77.1 Å². The van der Waals surface area contributed by atoms with Crippen molar-refractivity contribution in [1.82, 2.24) is 4.90 Å².